The normalized spacial score (nSPS) is 53.9. The highest BCUT2D eigenvalue weighted by Crippen LogP contribution is 2.75. The first-order valence-electron chi connectivity index (χ1n) is 14.6. The molecule has 0 aromatic heterocycles. The fourth-order valence-corrected chi connectivity index (χ4v) is 11.0. The van der Waals surface area contributed by atoms with Crippen molar-refractivity contribution in [3.63, 3.8) is 0 Å². The first kappa shape index (κ1) is 28.1. The number of carbonyl (C=O) groups excluding carboxylic acids is 1. The molecule has 5 aliphatic rings. The maximum absolute atomic E-state index is 12.9. The second kappa shape index (κ2) is 8.53. The van der Waals surface area contributed by atoms with Crippen LogP contribution in [0.2, 0.25) is 0 Å². The predicted molar refractivity (Wildman–Crippen MR) is 142 cm³/mol. The molecule has 0 aromatic carbocycles. The van der Waals surface area contributed by atoms with E-state index >= 15 is 0 Å². The van der Waals surface area contributed by atoms with Gasteiger partial charge in [0.05, 0.1) is 36.8 Å². The molecule has 214 valence electrons. The van der Waals surface area contributed by atoms with Crippen LogP contribution in [0.5, 0.6) is 0 Å². The molecule has 0 radical (unpaired) electrons. The molecule has 0 aromatic rings. The summed E-state index contributed by atoms with van der Waals surface area (Å²) in [6, 6.07) is 0. The molecular formula is C31H48O7. The number of aliphatic hydroxyl groups is 3. The van der Waals surface area contributed by atoms with Gasteiger partial charge in [0.25, 0.3) is 0 Å². The highest BCUT2D eigenvalue weighted by Gasteiger charge is 2.71. The summed E-state index contributed by atoms with van der Waals surface area (Å²) < 4.78 is 5.18. The molecule has 4 saturated carbocycles. The van der Waals surface area contributed by atoms with Gasteiger partial charge in [-0.3, -0.25) is 9.59 Å². The molecule has 5 rings (SSSR count). The van der Waals surface area contributed by atoms with Crippen molar-refractivity contribution in [1.82, 2.24) is 0 Å². The van der Waals surface area contributed by atoms with Crippen LogP contribution in [0.1, 0.15) is 92.4 Å². The average molecular weight is 533 g/mol. The summed E-state index contributed by atoms with van der Waals surface area (Å²) in [5.41, 5.74) is -1.76. The highest BCUT2D eigenvalue weighted by molar-refractivity contribution is 5.80. The molecule has 0 aliphatic heterocycles. The van der Waals surface area contributed by atoms with Gasteiger partial charge in [0.15, 0.2) is 0 Å². The SMILES string of the molecule is COC(=O)[C@@]1(C)CC[C@]2(C(=O)O)CC[C@]3(C)C(=CC[C@@H]4[C@@]5(C)C[C@H](O)[C@@H](O)[C@@](C)(CO)[C@H]5CC[C@]43C)[C@H]2C1. The van der Waals surface area contributed by atoms with Crippen LogP contribution in [0, 0.1) is 50.2 Å². The molecule has 38 heavy (non-hydrogen) atoms. The van der Waals surface area contributed by atoms with Gasteiger partial charge in [-0.15, -0.1) is 0 Å². The Balaban J connectivity index is 1.61. The number of esters is 1. The van der Waals surface area contributed by atoms with E-state index in [1.165, 1.54) is 12.7 Å². The Morgan fingerprint density at radius 3 is 2.24 bits per heavy atom. The third kappa shape index (κ3) is 3.24. The van der Waals surface area contributed by atoms with Crippen molar-refractivity contribution in [3.05, 3.63) is 11.6 Å². The molecule has 5 aliphatic carbocycles. The highest BCUT2D eigenvalue weighted by atomic mass is 16.5. The number of aliphatic carboxylic acids is 1. The molecule has 0 spiro atoms. The average Bonchev–Trinajstić information content (AvgIpc) is 2.87. The van der Waals surface area contributed by atoms with Crippen molar-refractivity contribution in [1.29, 1.82) is 0 Å². The Bertz CT molecular complexity index is 1050. The van der Waals surface area contributed by atoms with Crippen molar-refractivity contribution >= 4 is 11.9 Å². The second-order valence-electron chi connectivity index (χ2n) is 14.9. The van der Waals surface area contributed by atoms with E-state index in [2.05, 4.69) is 26.8 Å². The summed E-state index contributed by atoms with van der Waals surface area (Å²) >= 11 is 0. The van der Waals surface area contributed by atoms with Crippen LogP contribution >= 0.6 is 0 Å². The number of carbonyl (C=O) groups is 2. The van der Waals surface area contributed by atoms with Gasteiger partial charge in [0, 0.05) is 5.41 Å². The van der Waals surface area contributed by atoms with Gasteiger partial charge in [0.2, 0.25) is 0 Å². The van der Waals surface area contributed by atoms with E-state index in [0.29, 0.717) is 32.1 Å². The van der Waals surface area contributed by atoms with Crippen LogP contribution in [0.25, 0.3) is 0 Å². The Morgan fingerprint density at radius 1 is 0.974 bits per heavy atom. The minimum atomic E-state index is -0.954. The number of hydrogen-bond acceptors (Lipinski definition) is 6. The molecule has 0 unspecified atom stereocenters. The molecular weight excluding hydrogens is 484 g/mol. The fraction of sp³-hybridized carbons (Fsp3) is 0.871. The van der Waals surface area contributed by atoms with Crippen LogP contribution < -0.4 is 0 Å². The number of allylic oxidation sites excluding steroid dienone is 2. The number of methoxy groups -OCH3 is 1. The lowest BCUT2D eigenvalue weighted by Crippen LogP contribution is -2.68. The summed E-state index contributed by atoms with van der Waals surface area (Å²) in [6.45, 7) is 10.6. The molecule has 7 heteroatoms. The maximum atomic E-state index is 12.9. The van der Waals surface area contributed by atoms with Gasteiger partial charge in [-0.2, -0.15) is 0 Å². The minimum Gasteiger partial charge on any atom is -0.481 e. The first-order chi connectivity index (χ1) is 17.6. The second-order valence-corrected chi connectivity index (χ2v) is 14.9. The molecule has 0 heterocycles. The first-order valence-corrected chi connectivity index (χ1v) is 14.6. The molecule has 0 amide bonds. The van der Waals surface area contributed by atoms with Gasteiger partial charge in [0.1, 0.15) is 0 Å². The van der Waals surface area contributed by atoms with Crippen molar-refractivity contribution in [2.75, 3.05) is 13.7 Å². The van der Waals surface area contributed by atoms with Crippen LogP contribution in [0.15, 0.2) is 11.6 Å². The summed E-state index contributed by atoms with van der Waals surface area (Å²) in [7, 11) is 1.41. The van der Waals surface area contributed by atoms with Crippen LogP contribution in [-0.4, -0.2) is 58.3 Å². The maximum Gasteiger partial charge on any atom is 0.311 e. The summed E-state index contributed by atoms with van der Waals surface area (Å²) in [5, 5.41) is 43.0. The van der Waals surface area contributed by atoms with Gasteiger partial charge in [-0.1, -0.05) is 39.3 Å². The quantitative estimate of drug-likeness (QED) is 0.315. The molecule has 7 nitrogen and oxygen atoms in total. The van der Waals surface area contributed by atoms with Crippen LogP contribution in [0.3, 0.4) is 0 Å². The van der Waals surface area contributed by atoms with E-state index in [4.69, 9.17) is 4.74 Å². The third-order valence-electron chi connectivity index (χ3n) is 13.6. The number of aliphatic hydroxyl groups excluding tert-OH is 3. The summed E-state index contributed by atoms with van der Waals surface area (Å²) in [6.07, 6.45) is 6.37. The summed E-state index contributed by atoms with van der Waals surface area (Å²) in [5.74, 6) is -0.919. The Kier molecular flexibility index (Phi) is 6.31. The lowest BCUT2D eigenvalue weighted by molar-refractivity contribution is -0.243. The minimum absolute atomic E-state index is 0.0778. The number of carboxylic acids is 1. The number of fused-ring (bicyclic) bond motifs is 7. The van der Waals surface area contributed by atoms with E-state index in [1.54, 1.807) is 0 Å². The van der Waals surface area contributed by atoms with Gasteiger partial charge in [-0.25, -0.2) is 0 Å². The number of carboxylic acid groups (broad SMARTS) is 1. The standard InChI is InChI=1S/C31H48O7/c1-26(25(37)38-6)11-13-31(24(35)36)14-12-29(4)18(19(31)15-26)7-8-22-27(2)16-20(33)23(34)28(3,17-32)21(27)9-10-30(22,29)5/h7,19-23,32-34H,8-17H2,1-6H3,(H,35,36)/t19-,20+,21+,22-,23-,26+,27+,28+,29-,30-,31+/m1/s1. The molecule has 4 N–H and O–H groups in total. The molecule has 0 saturated heterocycles. The van der Waals surface area contributed by atoms with Crippen LogP contribution in [-0.2, 0) is 14.3 Å². The third-order valence-corrected chi connectivity index (χ3v) is 13.6. The summed E-state index contributed by atoms with van der Waals surface area (Å²) in [4.78, 5) is 25.8. The van der Waals surface area contributed by atoms with Crippen molar-refractivity contribution in [3.8, 4) is 0 Å². The van der Waals surface area contributed by atoms with E-state index in [1.807, 2.05) is 13.8 Å². The molecule has 0 bridgehead atoms. The largest absolute Gasteiger partial charge is 0.481 e. The van der Waals surface area contributed by atoms with Gasteiger partial charge >= 0.3 is 11.9 Å². The number of rotatable bonds is 3. The molecule has 4 fully saturated rings. The predicted octanol–water partition coefficient (Wildman–Crippen LogP) is 4.33. The van der Waals surface area contributed by atoms with Crippen molar-refractivity contribution in [2.24, 2.45) is 50.2 Å². The Morgan fingerprint density at radius 2 is 1.63 bits per heavy atom. The van der Waals surface area contributed by atoms with Crippen molar-refractivity contribution < 1.29 is 34.8 Å². The number of hydrogen-bond donors (Lipinski definition) is 4. The van der Waals surface area contributed by atoms with Crippen LogP contribution in [0.4, 0.5) is 0 Å². The number of ether oxygens (including phenoxy) is 1. The zero-order valence-electron chi connectivity index (χ0n) is 24.0. The van der Waals surface area contributed by atoms with E-state index in [9.17, 15) is 30.0 Å². The van der Waals surface area contributed by atoms with Gasteiger partial charge in [-0.05, 0) is 98.7 Å². The Hall–Kier alpha value is -1.44. The topological polar surface area (TPSA) is 124 Å². The fourth-order valence-electron chi connectivity index (χ4n) is 11.0. The Labute approximate surface area is 227 Å². The zero-order valence-corrected chi connectivity index (χ0v) is 24.0. The molecule has 11 atom stereocenters. The lowest BCUT2D eigenvalue weighted by Gasteiger charge is -2.71. The monoisotopic (exact) mass is 532 g/mol. The lowest BCUT2D eigenvalue weighted by atomic mass is 9.33. The van der Waals surface area contributed by atoms with E-state index < -0.39 is 34.4 Å². The van der Waals surface area contributed by atoms with Crippen molar-refractivity contribution in [2.45, 2.75) is 105 Å². The zero-order chi connectivity index (χ0) is 28.1. The van der Waals surface area contributed by atoms with E-state index in [0.717, 1.165) is 25.7 Å². The van der Waals surface area contributed by atoms with E-state index in [-0.39, 0.29) is 46.6 Å². The van der Waals surface area contributed by atoms with Gasteiger partial charge < -0.3 is 25.2 Å². The smallest absolute Gasteiger partial charge is 0.311 e.